The van der Waals surface area contributed by atoms with Crippen LogP contribution in [0.15, 0.2) is 40.5 Å². The first-order chi connectivity index (χ1) is 16.4. The molecule has 34 heavy (non-hydrogen) atoms. The van der Waals surface area contributed by atoms with Gasteiger partial charge in [0.2, 0.25) is 0 Å². The first kappa shape index (κ1) is 23.7. The molecule has 0 spiro atoms. The molecule has 2 amide bonds. The predicted octanol–water partition coefficient (Wildman–Crippen LogP) is 3.69. The van der Waals surface area contributed by atoms with E-state index in [1.54, 1.807) is 11.4 Å². The lowest BCUT2D eigenvalue weighted by Crippen LogP contribution is -2.47. The Hall–Kier alpha value is -3.40. The fourth-order valence-electron chi connectivity index (χ4n) is 4.17. The van der Waals surface area contributed by atoms with E-state index in [9.17, 15) is 14.4 Å². The number of methoxy groups -OCH3 is 1. The number of anilines is 2. The lowest BCUT2D eigenvalue weighted by atomic mass is 10.1. The molecule has 0 aliphatic carbocycles. The van der Waals surface area contributed by atoms with Gasteiger partial charge in [-0.1, -0.05) is 26.0 Å². The van der Waals surface area contributed by atoms with Gasteiger partial charge in [0.05, 0.1) is 23.8 Å². The third kappa shape index (κ3) is 5.06. The molecule has 1 aliphatic rings. The van der Waals surface area contributed by atoms with Crippen molar-refractivity contribution in [2.24, 2.45) is 5.92 Å². The number of para-hydroxylation sites is 2. The van der Waals surface area contributed by atoms with E-state index in [4.69, 9.17) is 4.74 Å². The van der Waals surface area contributed by atoms with E-state index in [-0.39, 0.29) is 17.6 Å². The minimum absolute atomic E-state index is 0.0465. The summed E-state index contributed by atoms with van der Waals surface area (Å²) >= 11 is 1.21. The molecular weight excluding hydrogens is 454 g/mol. The zero-order chi connectivity index (χ0) is 24.2. The summed E-state index contributed by atoms with van der Waals surface area (Å²) in [4.78, 5) is 44.7. The summed E-state index contributed by atoms with van der Waals surface area (Å²) in [6.07, 6.45) is 1.36. The first-order valence-electron chi connectivity index (χ1n) is 11.3. The van der Waals surface area contributed by atoms with Crippen molar-refractivity contribution in [1.29, 1.82) is 0 Å². The van der Waals surface area contributed by atoms with Crippen LogP contribution >= 0.6 is 11.3 Å². The van der Waals surface area contributed by atoms with Crippen LogP contribution in [-0.2, 0) is 11.3 Å². The molecule has 1 aliphatic heterocycles. The second-order valence-electron chi connectivity index (χ2n) is 8.75. The van der Waals surface area contributed by atoms with Gasteiger partial charge in [-0.2, -0.15) is 0 Å². The maximum atomic E-state index is 13.3. The van der Waals surface area contributed by atoms with Gasteiger partial charge in [0.1, 0.15) is 4.88 Å². The van der Waals surface area contributed by atoms with Crippen molar-refractivity contribution < 1.29 is 14.3 Å². The van der Waals surface area contributed by atoms with Gasteiger partial charge in [0.15, 0.2) is 5.82 Å². The number of carbonyl (C=O) groups is 2. The lowest BCUT2D eigenvalue weighted by molar-refractivity contribution is 0.0607. The Labute approximate surface area is 201 Å². The van der Waals surface area contributed by atoms with Gasteiger partial charge in [0, 0.05) is 25.7 Å². The molecule has 0 radical (unpaired) electrons. The van der Waals surface area contributed by atoms with Gasteiger partial charge in [-0.15, -0.1) is 11.3 Å². The number of ether oxygens (including phenoxy) is 1. The number of nitrogens with zero attached hydrogens (tertiary/aromatic N) is 3. The van der Waals surface area contributed by atoms with Crippen LogP contribution in [0.3, 0.4) is 0 Å². The third-order valence-corrected chi connectivity index (χ3v) is 6.69. The van der Waals surface area contributed by atoms with Crippen LogP contribution in [0.1, 0.15) is 36.4 Å². The summed E-state index contributed by atoms with van der Waals surface area (Å²) in [5.74, 6) is 0.306. The summed E-state index contributed by atoms with van der Waals surface area (Å²) in [7, 11) is 1.31. The molecule has 1 saturated heterocycles. The van der Waals surface area contributed by atoms with Crippen LogP contribution in [0.2, 0.25) is 0 Å². The number of fused-ring (bicyclic) bond motifs is 1. The topological polar surface area (TPSA) is 106 Å². The highest BCUT2D eigenvalue weighted by Crippen LogP contribution is 2.23. The minimum atomic E-state index is -0.482. The number of amides is 2. The number of benzene rings is 1. The molecule has 3 heterocycles. The molecule has 180 valence electrons. The SMILES string of the molecule is COC(=O)c1sccc1NC(=O)NC1CCN(c2nc3ccccc3n(CC(C)C)c2=O)CC1. The number of esters is 1. The van der Waals surface area contributed by atoms with E-state index in [2.05, 4.69) is 29.5 Å². The van der Waals surface area contributed by atoms with Crippen LogP contribution in [0.4, 0.5) is 16.3 Å². The average Bonchev–Trinajstić information content (AvgIpc) is 3.28. The summed E-state index contributed by atoms with van der Waals surface area (Å²) in [5.41, 5.74) is 2.00. The summed E-state index contributed by atoms with van der Waals surface area (Å²) in [6.45, 7) is 6.03. The van der Waals surface area contributed by atoms with Crippen LogP contribution in [0, 0.1) is 5.92 Å². The third-order valence-electron chi connectivity index (χ3n) is 5.80. The highest BCUT2D eigenvalue weighted by molar-refractivity contribution is 7.12. The second-order valence-corrected chi connectivity index (χ2v) is 9.66. The van der Waals surface area contributed by atoms with E-state index >= 15 is 0 Å². The van der Waals surface area contributed by atoms with Crippen molar-refractivity contribution in [2.45, 2.75) is 39.3 Å². The molecule has 0 atom stereocenters. The number of aromatic nitrogens is 2. The fourth-order valence-corrected chi connectivity index (χ4v) is 4.94. The first-order valence-corrected chi connectivity index (χ1v) is 12.2. The van der Waals surface area contributed by atoms with Crippen LogP contribution < -0.4 is 21.1 Å². The van der Waals surface area contributed by atoms with Crippen LogP contribution in [0.25, 0.3) is 11.0 Å². The van der Waals surface area contributed by atoms with Gasteiger partial charge < -0.3 is 24.8 Å². The number of piperidine rings is 1. The van der Waals surface area contributed by atoms with E-state index < -0.39 is 5.97 Å². The number of rotatable bonds is 6. The van der Waals surface area contributed by atoms with Crippen molar-refractivity contribution in [3.8, 4) is 0 Å². The Balaban J connectivity index is 1.43. The number of nitrogens with one attached hydrogen (secondary N) is 2. The maximum absolute atomic E-state index is 13.3. The Bertz CT molecular complexity index is 1240. The fraction of sp³-hybridized carbons (Fsp3) is 0.417. The summed E-state index contributed by atoms with van der Waals surface area (Å²) in [6, 6.07) is 8.97. The van der Waals surface area contributed by atoms with Gasteiger partial charge in [-0.25, -0.2) is 14.6 Å². The molecule has 1 fully saturated rings. The summed E-state index contributed by atoms with van der Waals surface area (Å²) < 4.78 is 6.57. The Morgan fingerprint density at radius 1 is 1.21 bits per heavy atom. The Morgan fingerprint density at radius 3 is 2.65 bits per heavy atom. The number of urea groups is 1. The van der Waals surface area contributed by atoms with E-state index in [1.165, 1.54) is 18.4 Å². The van der Waals surface area contributed by atoms with Crippen molar-refractivity contribution in [1.82, 2.24) is 14.9 Å². The largest absolute Gasteiger partial charge is 0.465 e. The highest BCUT2D eigenvalue weighted by Gasteiger charge is 2.25. The lowest BCUT2D eigenvalue weighted by Gasteiger charge is -2.33. The van der Waals surface area contributed by atoms with E-state index in [0.717, 1.165) is 11.0 Å². The van der Waals surface area contributed by atoms with Crippen LogP contribution in [-0.4, -0.2) is 47.8 Å². The number of hydrogen-bond donors (Lipinski definition) is 2. The van der Waals surface area contributed by atoms with E-state index in [1.807, 2.05) is 33.7 Å². The molecule has 0 saturated carbocycles. The molecule has 4 rings (SSSR count). The minimum Gasteiger partial charge on any atom is -0.465 e. The van der Waals surface area contributed by atoms with E-state index in [0.29, 0.717) is 54.8 Å². The molecule has 0 unspecified atom stereocenters. The highest BCUT2D eigenvalue weighted by atomic mass is 32.1. The summed E-state index contributed by atoms with van der Waals surface area (Å²) in [5, 5.41) is 7.42. The standard InChI is InChI=1S/C24H29N5O4S/c1-15(2)14-29-19-7-5-4-6-17(19)26-21(22(29)30)28-11-8-16(9-12-28)25-24(32)27-18-10-13-34-20(18)23(31)33-3/h4-7,10,13,15-16H,8-9,11-12,14H2,1-3H3,(H2,25,27,32). The smallest absolute Gasteiger partial charge is 0.350 e. The van der Waals surface area contributed by atoms with Crippen molar-refractivity contribution in [3.63, 3.8) is 0 Å². The second kappa shape index (κ2) is 10.3. The van der Waals surface area contributed by atoms with Crippen molar-refractivity contribution in [3.05, 3.63) is 50.9 Å². The predicted molar refractivity (Wildman–Crippen MR) is 134 cm³/mol. The molecule has 1 aromatic carbocycles. The van der Waals surface area contributed by atoms with Gasteiger partial charge >= 0.3 is 12.0 Å². The molecule has 2 aromatic heterocycles. The monoisotopic (exact) mass is 483 g/mol. The van der Waals surface area contributed by atoms with Crippen molar-refractivity contribution >= 4 is 45.9 Å². The zero-order valence-corrected chi connectivity index (χ0v) is 20.4. The Morgan fingerprint density at radius 2 is 1.94 bits per heavy atom. The molecule has 3 aromatic rings. The molecule has 2 N–H and O–H groups in total. The van der Waals surface area contributed by atoms with Gasteiger partial charge in [0.25, 0.3) is 5.56 Å². The molecular formula is C24H29N5O4S. The number of carbonyl (C=O) groups excluding carboxylic acids is 2. The van der Waals surface area contributed by atoms with Crippen LogP contribution in [0.5, 0.6) is 0 Å². The quantitative estimate of drug-likeness (QED) is 0.518. The number of thiophene rings is 1. The number of hydrogen-bond acceptors (Lipinski definition) is 7. The maximum Gasteiger partial charge on any atom is 0.350 e. The molecule has 9 nitrogen and oxygen atoms in total. The van der Waals surface area contributed by atoms with Gasteiger partial charge in [-0.05, 0) is 42.3 Å². The molecule has 10 heteroatoms. The van der Waals surface area contributed by atoms with Gasteiger partial charge in [-0.3, -0.25) is 4.79 Å². The average molecular weight is 484 g/mol. The molecule has 0 bridgehead atoms. The Kier molecular flexibility index (Phi) is 7.16. The normalized spacial score (nSPS) is 14.4. The zero-order valence-electron chi connectivity index (χ0n) is 19.5. The van der Waals surface area contributed by atoms with Crippen molar-refractivity contribution in [2.75, 3.05) is 30.4 Å².